The second-order valence-electron chi connectivity index (χ2n) is 8.54. The summed E-state index contributed by atoms with van der Waals surface area (Å²) in [6, 6.07) is 9.91. The van der Waals surface area contributed by atoms with Crippen molar-refractivity contribution < 1.29 is 34.3 Å². The number of halogens is 2. The molecular formula is C24H27ClFNO6. The van der Waals surface area contributed by atoms with Crippen LogP contribution in [-0.4, -0.2) is 62.1 Å². The first kappa shape index (κ1) is 23.9. The summed E-state index contributed by atoms with van der Waals surface area (Å²) in [6.07, 6.45) is -4.73. The van der Waals surface area contributed by atoms with Crippen LogP contribution >= 0.6 is 11.6 Å². The van der Waals surface area contributed by atoms with Crippen LogP contribution in [0.3, 0.4) is 0 Å². The van der Waals surface area contributed by atoms with Crippen LogP contribution in [0.4, 0.5) is 4.39 Å². The first-order valence-electron chi connectivity index (χ1n) is 10.7. The van der Waals surface area contributed by atoms with Gasteiger partial charge in [0.2, 0.25) is 0 Å². The quantitative estimate of drug-likeness (QED) is 0.433. The number of aliphatic hydroxyl groups excluding tert-OH is 4. The molecule has 1 aliphatic rings. The Kier molecular flexibility index (Phi) is 6.95. The molecule has 0 unspecified atom stereocenters. The van der Waals surface area contributed by atoms with Crippen LogP contribution in [0.25, 0.3) is 10.9 Å². The van der Waals surface area contributed by atoms with Gasteiger partial charge in [-0.2, -0.15) is 0 Å². The lowest BCUT2D eigenvalue weighted by atomic mass is 9.98. The Morgan fingerprint density at radius 3 is 2.48 bits per heavy atom. The monoisotopic (exact) mass is 479 g/mol. The minimum Gasteiger partial charge on any atom is -0.491 e. The van der Waals surface area contributed by atoms with Gasteiger partial charge in [0.1, 0.15) is 36.0 Å². The number of nitrogens with zero attached hydrogens (tertiary/aromatic N) is 1. The van der Waals surface area contributed by atoms with Gasteiger partial charge < -0.3 is 34.5 Å². The topological polar surface area (TPSA) is 104 Å². The number of hydrogen-bond donors (Lipinski definition) is 4. The Balaban J connectivity index is 1.73. The Morgan fingerprint density at radius 2 is 1.82 bits per heavy atom. The first-order chi connectivity index (χ1) is 15.7. The van der Waals surface area contributed by atoms with E-state index in [0.717, 1.165) is 10.9 Å². The van der Waals surface area contributed by atoms with Gasteiger partial charge in [-0.15, -0.1) is 0 Å². The van der Waals surface area contributed by atoms with E-state index in [1.54, 1.807) is 41.1 Å². The van der Waals surface area contributed by atoms with Gasteiger partial charge in [0.05, 0.1) is 18.2 Å². The van der Waals surface area contributed by atoms with Gasteiger partial charge in [-0.05, 0) is 43.2 Å². The van der Waals surface area contributed by atoms with Crippen molar-refractivity contribution in [2.75, 3.05) is 6.61 Å². The molecule has 0 saturated carbocycles. The smallest absolute Gasteiger partial charge is 0.163 e. The summed E-state index contributed by atoms with van der Waals surface area (Å²) in [5, 5.41) is 41.7. The number of hydrogen-bond acceptors (Lipinski definition) is 6. The highest BCUT2D eigenvalue weighted by Crippen LogP contribution is 2.35. The number of fused-ring (bicyclic) bond motifs is 1. The largest absolute Gasteiger partial charge is 0.491 e. The van der Waals surface area contributed by atoms with E-state index in [1.807, 2.05) is 13.8 Å². The van der Waals surface area contributed by atoms with Gasteiger partial charge in [-0.3, -0.25) is 0 Å². The molecule has 9 heteroatoms. The predicted molar refractivity (Wildman–Crippen MR) is 121 cm³/mol. The van der Waals surface area contributed by atoms with Gasteiger partial charge in [0, 0.05) is 29.1 Å². The number of ether oxygens (including phenoxy) is 2. The molecule has 2 heterocycles. The number of rotatable bonds is 6. The fourth-order valence-corrected chi connectivity index (χ4v) is 4.35. The number of benzene rings is 2. The molecule has 0 aliphatic carbocycles. The van der Waals surface area contributed by atoms with Gasteiger partial charge in [0.25, 0.3) is 0 Å². The zero-order chi connectivity index (χ0) is 23.9. The normalized spacial score (nSPS) is 25.7. The maximum atomic E-state index is 14.8. The summed E-state index contributed by atoms with van der Waals surface area (Å²) in [5.74, 6) is 0.0395. The summed E-state index contributed by atoms with van der Waals surface area (Å²) in [7, 11) is 0. The molecule has 0 bridgehead atoms. The van der Waals surface area contributed by atoms with Crippen molar-refractivity contribution in [3.8, 4) is 5.75 Å². The van der Waals surface area contributed by atoms with Crippen molar-refractivity contribution in [3.63, 3.8) is 0 Å². The fraction of sp³-hybridized carbons (Fsp3) is 0.417. The van der Waals surface area contributed by atoms with Crippen LogP contribution in [-0.2, 0) is 11.2 Å². The SMILES string of the molecule is CC(C)Oc1ccc(Cc2cn([C@@H]3O[C@H](CO)[C@@H](O)[C@H](O)[C@H]3O)c3cc(Cl)ccc23)c(F)c1. The third-order valence-corrected chi connectivity index (χ3v) is 6.03. The van der Waals surface area contributed by atoms with Crippen molar-refractivity contribution in [1.82, 2.24) is 4.57 Å². The molecular weight excluding hydrogens is 453 g/mol. The van der Waals surface area contributed by atoms with Gasteiger partial charge in [-0.25, -0.2) is 4.39 Å². The standard InChI is InChI=1S/C24H27ClFNO6/c1-12(2)32-16-5-3-13(18(26)9-16)7-14-10-27(19-8-15(25)4-6-17(14)19)24-23(31)22(30)21(29)20(11-28)33-24/h3-6,8-10,12,20-24,28-31H,7,11H2,1-2H3/t20-,21-,22+,23-,24-/m1/s1. The van der Waals surface area contributed by atoms with E-state index in [0.29, 0.717) is 21.9 Å². The lowest BCUT2D eigenvalue weighted by molar-refractivity contribution is -0.250. The molecule has 3 aromatic rings. The van der Waals surface area contributed by atoms with E-state index < -0.39 is 43.1 Å². The van der Waals surface area contributed by atoms with Gasteiger partial charge in [-0.1, -0.05) is 23.7 Å². The zero-order valence-electron chi connectivity index (χ0n) is 18.2. The molecule has 1 fully saturated rings. The highest BCUT2D eigenvalue weighted by Gasteiger charge is 2.44. The summed E-state index contributed by atoms with van der Waals surface area (Å²) in [4.78, 5) is 0. The first-order valence-corrected chi connectivity index (χ1v) is 11.1. The third-order valence-electron chi connectivity index (χ3n) is 5.80. The van der Waals surface area contributed by atoms with E-state index in [9.17, 15) is 24.8 Å². The Morgan fingerprint density at radius 1 is 1.06 bits per heavy atom. The molecule has 4 rings (SSSR count). The van der Waals surface area contributed by atoms with Crippen LogP contribution in [0.5, 0.6) is 5.75 Å². The Labute approximate surface area is 195 Å². The Hall–Kier alpha value is -2.20. The van der Waals surface area contributed by atoms with Crippen molar-refractivity contribution in [2.45, 2.75) is 57.0 Å². The molecule has 1 aromatic heterocycles. The highest BCUT2D eigenvalue weighted by atomic mass is 35.5. The van der Waals surface area contributed by atoms with E-state index in [4.69, 9.17) is 21.1 Å². The average Bonchev–Trinajstić information content (AvgIpc) is 3.11. The molecule has 0 radical (unpaired) electrons. The van der Waals surface area contributed by atoms with Crippen LogP contribution < -0.4 is 4.74 Å². The lowest BCUT2D eigenvalue weighted by Crippen LogP contribution is -2.56. The molecule has 1 aliphatic heterocycles. The molecule has 4 N–H and O–H groups in total. The average molecular weight is 480 g/mol. The molecule has 2 aromatic carbocycles. The van der Waals surface area contributed by atoms with Crippen molar-refractivity contribution >= 4 is 22.5 Å². The van der Waals surface area contributed by atoms with Crippen LogP contribution in [0, 0.1) is 5.82 Å². The number of aromatic nitrogens is 1. The van der Waals surface area contributed by atoms with E-state index in [-0.39, 0.29) is 12.5 Å². The molecule has 33 heavy (non-hydrogen) atoms. The second-order valence-corrected chi connectivity index (χ2v) is 8.98. The van der Waals surface area contributed by atoms with E-state index >= 15 is 0 Å². The highest BCUT2D eigenvalue weighted by molar-refractivity contribution is 6.31. The molecule has 178 valence electrons. The molecule has 7 nitrogen and oxygen atoms in total. The van der Waals surface area contributed by atoms with Crippen LogP contribution in [0.2, 0.25) is 5.02 Å². The minimum atomic E-state index is -1.52. The predicted octanol–water partition coefficient (Wildman–Crippen LogP) is 2.78. The van der Waals surface area contributed by atoms with Crippen molar-refractivity contribution in [3.05, 3.63) is 64.6 Å². The van der Waals surface area contributed by atoms with Gasteiger partial charge in [0.15, 0.2) is 6.23 Å². The van der Waals surface area contributed by atoms with E-state index in [2.05, 4.69) is 0 Å². The molecule has 1 saturated heterocycles. The van der Waals surface area contributed by atoms with Crippen LogP contribution in [0.15, 0.2) is 42.6 Å². The van der Waals surface area contributed by atoms with Crippen molar-refractivity contribution in [2.24, 2.45) is 0 Å². The van der Waals surface area contributed by atoms with Crippen LogP contribution in [0.1, 0.15) is 31.2 Å². The third kappa shape index (κ3) is 4.73. The fourth-order valence-electron chi connectivity index (χ4n) is 4.18. The zero-order valence-corrected chi connectivity index (χ0v) is 19.0. The maximum Gasteiger partial charge on any atom is 0.163 e. The van der Waals surface area contributed by atoms with Crippen molar-refractivity contribution in [1.29, 1.82) is 0 Å². The summed E-state index contributed by atoms with van der Waals surface area (Å²) < 4.78 is 27.7. The summed E-state index contributed by atoms with van der Waals surface area (Å²) >= 11 is 6.21. The lowest BCUT2D eigenvalue weighted by Gasteiger charge is -2.40. The minimum absolute atomic E-state index is 0.0727. The molecule has 0 amide bonds. The summed E-state index contributed by atoms with van der Waals surface area (Å²) in [5.41, 5.74) is 1.80. The van der Waals surface area contributed by atoms with Gasteiger partial charge >= 0.3 is 0 Å². The maximum absolute atomic E-state index is 14.8. The summed E-state index contributed by atoms with van der Waals surface area (Å²) in [6.45, 7) is 3.19. The second kappa shape index (κ2) is 9.58. The molecule has 5 atom stereocenters. The Bertz CT molecular complexity index is 1130. The number of aliphatic hydroxyl groups is 4. The molecule has 0 spiro atoms. The van der Waals surface area contributed by atoms with E-state index in [1.165, 1.54) is 6.07 Å².